The number of halogens is 2. The molecule has 8 heteroatoms. The number of nitrogens with one attached hydrogen (secondary N) is 1. The lowest BCUT2D eigenvalue weighted by molar-refractivity contribution is -0.129. The van der Waals surface area contributed by atoms with Crippen molar-refractivity contribution in [2.75, 3.05) is 11.1 Å². The highest BCUT2D eigenvalue weighted by Gasteiger charge is 2.50. The molecule has 1 aromatic heterocycles. The second kappa shape index (κ2) is 5.62. The van der Waals surface area contributed by atoms with Gasteiger partial charge in [0.2, 0.25) is 5.60 Å². The van der Waals surface area contributed by atoms with Gasteiger partial charge in [-0.25, -0.2) is 13.5 Å². The Morgan fingerprint density at radius 2 is 1.93 bits per heavy atom. The minimum Gasteiger partial charge on any atom is -0.383 e. The Morgan fingerprint density at radius 1 is 1.19 bits per heavy atom. The number of carbonyl (C=O) groups is 1. The van der Waals surface area contributed by atoms with Crippen molar-refractivity contribution in [1.82, 2.24) is 9.78 Å². The number of benzene rings is 2. The largest absolute Gasteiger partial charge is 0.383 e. The van der Waals surface area contributed by atoms with E-state index in [1.807, 2.05) is 6.92 Å². The number of nitrogens with zero attached hydrogens (tertiary/aromatic N) is 2. The van der Waals surface area contributed by atoms with E-state index in [2.05, 4.69) is 10.4 Å². The fraction of sp³-hybridized carbons (Fsp3) is 0.158. The summed E-state index contributed by atoms with van der Waals surface area (Å²) in [6.07, 6.45) is 0. The van der Waals surface area contributed by atoms with Crippen LogP contribution in [0, 0.1) is 25.5 Å². The van der Waals surface area contributed by atoms with E-state index in [4.69, 9.17) is 5.73 Å². The summed E-state index contributed by atoms with van der Waals surface area (Å²) in [5, 5.41) is 18.2. The van der Waals surface area contributed by atoms with E-state index < -0.39 is 23.1 Å². The van der Waals surface area contributed by atoms with Gasteiger partial charge in [0, 0.05) is 17.3 Å². The van der Waals surface area contributed by atoms with Crippen LogP contribution < -0.4 is 11.1 Å². The van der Waals surface area contributed by atoms with Crippen molar-refractivity contribution < 1.29 is 18.7 Å². The SMILES string of the molecule is Cc1ccc2c(c1)[C@@](O)(c1c(C)nn(-c3ccc(F)cc3F)c1N)C(=O)N2. The summed E-state index contributed by atoms with van der Waals surface area (Å²) < 4.78 is 28.5. The monoisotopic (exact) mass is 370 g/mol. The van der Waals surface area contributed by atoms with E-state index in [-0.39, 0.29) is 22.8 Å². The summed E-state index contributed by atoms with van der Waals surface area (Å²) in [5.74, 6) is -2.38. The van der Waals surface area contributed by atoms with E-state index in [0.29, 0.717) is 17.3 Å². The highest BCUT2D eigenvalue weighted by atomic mass is 19.1. The Bertz CT molecular complexity index is 1110. The van der Waals surface area contributed by atoms with Crippen LogP contribution in [-0.2, 0) is 10.4 Å². The number of aromatic nitrogens is 2. The molecule has 138 valence electrons. The Labute approximate surface area is 153 Å². The molecule has 0 fully saturated rings. The number of amides is 1. The van der Waals surface area contributed by atoms with E-state index >= 15 is 0 Å². The first-order valence-corrected chi connectivity index (χ1v) is 8.19. The molecule has 1 amide bonds. The third-order valence-electron chi connectivity index (χ3n) is 4.74. The maximum absolute atomic E-state index is 14.2. The molecule has 27 heavy (non-hydrogen) atoms. The third kappa shape index (κ3) is 2.33. The molecule has 2 aromatic carbocycles. The molecular formula is C19H16F2N4O2. The number of fused-ring (bicyclic) bond motifs is 1. The van der Waals surface area contributed by atoms with Crippen LogP contribution in [-0.4, -0.2) is 20.8 Å². The summed E-state index contributed by atoms with van der Waals surface area (Å²) in [7, 11) is 0. The molecule has 0 unspecified atom stereocenters. The molecule has 4 rings (SSSR count). The molecular weight excluding hydrogens is 354 g/mol. The number of nitrogen functional groups attached to an aromatic ring is 1. The lowest BCUT2D eigenvalue weighted by Crippen LogP contribution is -2.36. The van der Waals surface area contributed by atoms with Gasteiger partial charge >= 0.3 is 0 Å². The smallest absolute Gasteiger partial charge is 0.266 e. The van der Waals surface area contributed by atoms with Gasteiger partial charge in [-0.3, -0.25) is 4.79 Å². The standard InChI is InChI=1S/C19H16F2N4O2/c1-9-3-5-14-12(7-9)19(27,18(26)23-14)16-10(2)24-25(17(16)22)15-6-4-11(20)8-13(15)21/h3-8,27H,22H2,1-2H3,(H,23,26)/t19-/m1/s1. The first kappa shape index (κ1) is 17.2. The second-order valence-corrected chi connectivity index (χ2v) is 6.57. The molecule has 1 aliphatic heterocycles. The lowest BCUT2D eigenvalue weighted by atomic mass is 9.86. The average molecular weight is 370 g/mol. The van der Waals surface area contributed by atoms with Gasteiger partial charge in [-0.2, -0.15) is 5.10 Å². The quantitative estimate of drug-likeness (QED) is 0.646. The third-order valence-corrected chi connectivity index (χ3v) is 4.74. The molecule has 0 radical (unpaired) electrons. The van der Waals surface area contributed by atoms with Gasteiger partial charge in [0.25, 0.3) is 5.91 Å². The van der Waals surface area contributed by atoms with Crippen molar-refractivity contribution in [1.29, 1.82) is 0 Å². The maximum atomic E-state index is 14.2. The first-order valence-electron chi connectivity index (χ1n) is 8.19. The van der Waals surface area contributed by atoms with E-state index in [0.717, 1.165) is 16.3 Å². The van der Waals surface area contributed by atoms with Gasteiger partial charge in [0.15, 0.2) is 5.82 Å². The number of anilines is 2. The maximum Gasteiger partial charge on any atom is 0.266 e. The molecule has 6 nitrogen and oxygen atoms in total. The predicted molar refractivity (Wildman–Crippen MR) is 95.4 cm³/mol. The second-order valence-electron chi connectivity index (χ2n) is 6.57. The van der Waals surface area contributed by atoms with Crippen molar-refractivity contribution in [3.8, 4) is 5.69 Å². The van der Waals surface area contributed by atoms with Gasteiger partial charge in [-0.15, -0.1) is 0 Å². The van der Waals surface area contributed by atoms with Crippen LogP contribution in [0.1, 0.15) is 22.4 Å². The van der Waals surface area contributed by atoms with Crippen LogP contribution in [0.15, 0.2) is 36.4 Å². The number of rotatable bonds is 2. The number of carbonyl (C=O) groups excluding carboxylic acids is 1. The molecule has 0 aliphatic carbocycles. The van der Waals surface area contributed by atoms with Crippen molar-refractivity contribution >= 4 is 17.4 Å². The molecule has 0 spiro atoms. The van der Waals surface area contributed by atoms with Crippen LogP contribution in [0.5, 0.6) is 0 Å². The molecule has 1 atom stereocenters. The van der Waals surface area contributed by atoms with E-state index in [1.165, 1.54) is 6.07 Å². The molecule has 4 N–H and O–H groups in total. The normalized spacial score (nSPS) is 18.5. The Hall–Kier alpha value is -3.26. The summed E-state index contributed by atoms with van der Waals surface area (Å²) in [6, 6.07) is 8.15. The van der Waals surface area contributed by atoms with Crippen molar-refractivity contribution in [2.24, 2.45) is 0 Å². The highest BCUT2D eigenvalue weighted by Crippen LogP contribution is 2.44. The number of hydrogen-bond donors (Lipinski definition) is 3. The minimum absolute atomic E-state index is 0.0630. The summed E-state index contributed by atoms with van der Waals surface area (Å²) >= 11 is 0. The molecule has 3 aromatic rings. The number of aliphatic hydroxyl groups is 1. The van der Waals surface area contributed by atoms with Crippen LogP contribution in [0.2, 0.25) is 0 Å². The minimum atomic E-state index is -2.07. The molecule has 0 saturated carbocycles. The van der Waals surface area contributed by atoms with E-state index in [9.17, 15) is 18.7 Å². The molecule has 0 saturated heterocycles. The fourth-order valence-corrected chi connectivity index (χ4v) is 3.48. The van der Waals surface area contributed by atoms with Gasteiger partial charge in [0.1, 0.15) is 17.3 Å². The van der Waals surface area contributed by atoms with Crippen LogP contribution in [0.3, 0.4) is 0 Å². The lowest BCUT2D eigenvalue weighted by Gasteiger charge is -2.22. The predicted octanol–water partition coefficient (Wildman–Crippen LogP) is 2.54. The zero-order valence-corrected chi connectivity index (χ0v) is 14.5. The topological polar surface area (TPSA) is 93.2 Å². The Kier molecular flexibility index (Phi) is 3.57. The average Bonchev–Trinajstić information content (AvgIpc) is 3.02. The van der Waals surface area contributed by atoms with Crippen molar-refractivity contribution in [3.63, 3.8) is 0 Å². The summed E-state index contributed by atoms with van der Waals surface area (Å²) in [5.41, 5.74) is 5.99. The summed E-state index contributed by atoms with van der Waals surface area (Å²) in [4.78, 5) is 12.6. The van der Waals surface area contributed by atoms with Crippen molar-refractivity contribution in [2.45, 2.75) is 19.4 Å². The Morgan fingerprint density at radius 3 is 2.63 bits per heavy atom. The van der Waals surface area contributed by atoms with Gasteiger partial charge in [-0.05, 0) is 32.0 Å². The van der Waals surface area contributed by atoms with Gasteiger partial charge in [-0.1, -0.05) is 17.7 Å². The van der Waals surface area contributed by atoms with E-state index in [1.54, 1.807) is 25.1 Å². The molecule has 1 aliphatic rings. The number of hydrogen-bond acceptors (Lipinski definition) is 4. The van der Waals surface area contributed by atoms with Crippen LogP contribution in [0.25, 0.3) is 5.69 Å². The summed E-state index contributed by atoms with van der Waals surface area (Å²) in [6.45, 7) is 3.39. The van der Waals surface area contributed by atoms with Crippen LogP contribution >= 0.6 is 0 Å². The molecule has 2 heterocycles. The van der Waals surface area contributed by atoms with Gasteiger partial charge < -0.3 is 16.2 Å². The van der Waals surface area contributed by atoms with Crippen molar-refractivity contribution in [3.05, 3.63) is 70.4 Å². The zero-order valence-electron chi connectivity index (χ0n) is 14.5. The highest BCUT2D eigenvalue weighted by molar-refractivity contribution is 6.08. The van der Waals surface area contributed by atoms with Gasteiger partial charge in [0.05, 0.1) is 11.3 Å². The zero-order chi connectivity index (χ0) is 19.5. The number of nitrogens with two attached hydrogens (primary N) is 1. The fourth-order valence-electron chi connectivity index (χ4n) is 3.48. The van der Waals surface area contributed by atoms with Crippen LogP contribution in [0.4, 0.5) is 20.3 Å². The molecule has 0 bridgehead atoms. The Balaban J connectivity index is 1.95. The first-order chi connectivity index (χ1) is 12.7. The number of aryl methyl sites for hydroxylation is 2.